The first-order chi connectivity index (χ1) is 11.0. The molecule has 2 aromatic heterocycles. The average molecular weight is 368 g/mol. The molecular weight excluding hydrogens is 353 g/mol. The van der Waals surface area contributed by atoms with Crippen molar-refractivity contribution < 1.29 is 0 Å². The Hall–Kier alpha value is -1.40. The monoisotopic (exact) mass is 367 g/mol. The van der Waals surface area contributed by atoms with Crippen LogP contribution in [-0.4, -0.2) is 21.3 Å². The van der Waals surface area contributed by atoms with Gasteiger partial charge >= 0.3 is 0 Å². The molecule has 1 unspecified atom stereocenters. The molecule has 0 N–H and O–H groups in total. The number of benzene rings is 1. The van der Waals surface area contributed by atoms with Crippen LogP contribution in [0, 0.1) is 0 Å². The van der Waals surface area contributed by atoms with Crippen molar-refractivity contribution in [3.8, 4) is 0 Å². The van der Waals surface area contributed by atoms with Crippen LogP contribution in [0.2, 0.25) is 10.0 Å². The number of aromatic nitrogens is 2. The summed E-state index contributed by atoms with van der Waals surface area (Å²) in [4.78, 5) is 19.4. The van der Waals surface area contributed by atoms with Crippen LogP contribution in [0.4, 0.5) is 0 Å². The lowest BCUT2D eigenvalue weighted by Crippen LogP contribution is -2.24. The third-order valence-corrected chi connectivity index (χ3v) is 5.16. The van der Waals surface area contributed by atoms with Crippen LogP contribution in [0.1, 0.15) is 24.2 Å². The van der Waals surface area contributed by atoms with E-state index in [0.717, 1.165) is 11.3 Å². The quantitative estimate of drug-likeness (QED) is 0.691. The van der Waals surface area contributed by atoms with E-state index < -0.39 is 0 Å². The van der Waals surface area contributed by atoms with E-state index in [1.807, 2.05) is 24.6 Å². The summed E-state index contributed by atoms with van der Waals surface area (Å²) in [5, 5.41) is 3.11. The van der Waals surface area contributed by atoms with Crippen LogP contribution in [0.15, 0.2) is 40.6 Å². The molecule has 2 heterocycles. The van der Waals surface area contributed by atoms with Crippen LogP contribution in [0.5, 0.6) is 0 Å². The maximum atomic E-state index is 12.0. The lowest BCUT2D eigenvalue weighted by atomic mass is 10.1. The molecule has 1 atom stereocenters. The van der Waals surface area contributed by atoms with E-state index in [1.54, 1.807) is 22.7 Å². The Bertz CT molecular complexity index is 906. The summed E-state index contributed by atoms with van der Waals surface area (Å²) in [6.07, 6.45) is 1.74. The topological polar surface area (TPSA) is 37.6 Å². The number of thiazole rings is 1. The Labute approximate surface area is 147 Å². The fourth-order valence-corrected chi connectivity index (χ4v) is 3.74. The molecular formula is C16H15Cl2N3OS. The molecule has 0 spiro atoms. The van der Waals surface area contributed by atoms with E-state index >= 15 is 0 Å². The third kappa shape index (κ3) is 3.43. The minimum Gasteiger partial charge on any atom is -0.294 e. The SMILES string of the molecule is CC(c1ccc(Cl)cc1Cl)N(C)Cc1cc(=O)n2ccsc2n1. The maximum Gasteiger partial charge on any atom is 0.258 e. The smallest absolute Gasteiger partial charge is 0.258 e. The summed E-state index contributed by atoms with van der Waals surface area (Å²) in [5.74, 6) is 0. The van der Waals surface area contributed by atoms with Crippen molar-refractivity contribution in [1.29, 1.82) is 0 Å². The van der Waals surface area contributed by atoms with Crippen molar-refractivity contribution in [3.63, 3.8) is 0 Å². The van der Waals surface area contributed by atoms with E-state index in [9.17, 15) is 4.79 Å². The molecule has 0 aliphatic carbocycles. The number of fused-ring (bicyclic) bond motifs is 1. The molecule has 0 saturated heterocycles. The summed E-state index contributed by atoms with van der Waals surface area (Å²) in [6.45, 7) is 2.62. The van der Waals surface area contributed by atoms with Gasteiger partial charge in [-0.05, 0) is 31.7 Å². The Morgan fingerprint density at radius 1 is 1.35 bits per heavy atom. The summed E-state index contributed by atoms with van der Waals surface area (Å²) in [7, 11) is 1.98. The first-order valence-electron chi connectivity index (χ1n) is 7.06. The average Bonchev–Trinajstić information content (AvgIpc) is 2.95. The van der Waals surface area contributed by atoms with Gasteiger partial charge in [-0.1, -0.05) is 29.3 Å². The van der Waals surface area contributed by atoms with Crippen LogP contribution in [0.3, 0.4) is 0 Å². The predicted octanol–water partition coefficient (Wildman–Crippen LogP) is 4.26. The van der Waals surface area contributed by atoms with Gasteiger partial charge in [-0.15, -0.1) is 11.3 Å². The van der Waals surface area contributed by atoms with Gasteiger partial charge in [-0.3, -0.25) is 14.1 Å². The highest BCUT2D eigenvalue weighted by Crippen LogP contribution is 2.29. The number of rotatable bonds is 4. The zero-order valence-corrected chi connectivity index (χ0v) is 15.0. The van der Waals surface area contributed by atoms with E-state index in [-0.39, 0.29) is 11.6 Å². The normalized spacial score (nSPS) is 12.9. The van der Waals surface area contributed by atoms with Gasteiger partial charge in [0.25, 0.3) is 5.56 Å². The molecule has 4 nitrogen and oxygen atoms in total. The van der Waals surface area contributed by atoms with E-state index in [1.165, 1.54) is 11.3 Å². The van der Waals surface area contributed by atoms with Crippen molar-refractivity contribution in [3.05, 3.63) is 67.5 Å². The largest absolute Gasteiger partial charge is 0.294 e. The van der Waals surface area contributed by atoms with Gasteiger partial charge in [0.05, 0.1) is 5.69 Å². The molecule has 0 fully saturated rings. The molecule has 3 aromatic rings. The van der Waals surface area contributed by atoms with Gasteiger partial charge in [0, 0.05) is 40.3 Å². The number of hydrogen-bond acceptors (Lipinski definition) is 4. The Kier molecular flexibility index (Phi) is 4.73. The second-order valence-electron chi connectivity index (χ2n) is 5.40. The lowest BCUT2D eigenvalue weighted by molar-refractivity contribution is 0.250. The molecule has 1 aromatic carbocycles. The molecule has 0 bridgehead atoms. The Morgan fingerprint density at radius 2 is 2.13 bits per heavy atom. The zero-order chi connectivity index (χ0) is 16.6. The van der Waals surface area contributed by atoms with Crippen molar-refractivity contribution in [2.24, 2.45) is 0 Å². The second-order valence-corrected chi connectivity index (χ2v) is 7.11. The molecule has 3 rings (SSSR count). The predicted molar refractivity (Wildman–Crippen MR) is 95.7 cm³/mol. The van der Waals surface area contributed by atoms with Gasteiger partial charge < -0.3 is 0 Å². The highest BCUT2D eigenvalue weighted by molar-refractivity contribution is 7.15. The zero-order valence-electron chi connectivity index (χ0n) is 12.7. The molecule has 0 saturated carbocycles. The second kappa shape index (κ2) is 6.61. The lowest BCUT2D eigenvalue weighted by Gasteiger charge is -2.25. The number of nitrogens with zero attached hydrogens (tertiary/aromatic N) is 3. The molecule has 120 valence electrons. The Balaban J connectivity index is 1.84. The van der Waals surface area contributed by atoms with Gasteiger partial charge in [-0.2, -0.15) is 0 Å². The minimum atomic E-state index is -0.0585. The van der Waals surface area contributed by atoms with Crippen LogP contribution in [-0.2, 0) is 6.54 Å². The van der Waals surface area contributed by atoms with Gasteiger partial charge in [-0.25, -0.2) is 4.98 Å². The first-order valence-corrected chi connectivity index (χ1v) is 8.70. The molecule has 0 aliphatic rings. The van der Waals surface area contributed by atoms with E-state index in [2.05, 4.69) is 16.8 Å². The van der Waals surface area contributed by atoms with Crippen LogP contribution in [0.25, 0.3) is 4.96 Å². The molecule has 7 heteroatoms. The number of hydrogen-bond donors (Lipinski definition) is 0. The maximum absolute atomic E-state index is 12.0. The standard InChI is InChI=1S/C16H15Cl2N3OS/c1-10(13-4-3-11(17)7-14(13)18)20(2)9-12-8-15(22)21-5-6-23-16(21)19-12/h3-8,10H,9H2,1-2H3. The third-order valence-electron chi connectivity index (χ3n) is 3.84. The summed E-state index contributed by atoms with van der Waals surface area (Å²) in [5.41, 5.74) is 1.68. The van der Waals surface area contributed by atoms with E-state index in [0.29, 0.717) is 21.6 Å². The summed E-state index contributed by atoms with van der Waals surface area (Å²) < 4.78 is 1.55. The van der Waals surface area contributed by atoms with Gasteiger partial charge in [0.15, 0.2) is 4.96 Å². The van der Waals surface area contributed by atoms with Crippen molar-refractivity contribution in [1.82, 2.24) is 14.3 Å². The van der Waals surface area contributed by atoms with Crippen molar-refractivity contribution >= 4 is 39.5 Å². The van der Waals surface area contributed by atoms with Gasteiger partial charge in [0.1, 0.15) is 0 Å². The van der Waals surface area contributed by atoms with Crippen LogP contribution < -0.4 is 5.56 Å². The number of halogens is 2. The molecule has 0 amide bonds. The fourth-order valence-electron chi connectivity index (χ4n) is 2.44. The van der Waals surface area contributed by atoms with E-state index in [4.69, 9.17) is 23.2 Å². The van der Waals surface area contributed by atoms with Crippen molar-refractivity contribution in [2.45, 2.75) is 19.5 Å². The minimum absolute atomic E-state index is 0.0585. The summed E-state index contributed by atoms with van der Waals surface area (Å²) in [6, 6.07) is 7.15. The molecule has 0 aliphatic heterocycles. The first kappa shape index (κ1) is 16.5. The Morgan fingerprint density at radius 3 is 2.87 bits per heavy atom. The highest BCUT2D eigenvalue weighted by Gasteiger charge is 2.16. The fraction of sp³-hybridized carbons (Fsp3) is 0.250. The summed E-state index contributed by atoms with van der Waals surface area (Å²) >= 11 is 13.7. The molecule has 0 radical (unpaired) electrons. The van der Waals surface area contributed by atoms with Gasteiger partial charge in [0.2, 0.25) is 0 Å². The van der Waals surface area contributed by atoms with Crippen LogP contribution >= 0.6 is 34.5 Å². The van der Waals surface area contributed by atoms with Crippen molar-refractivity contribution in [2.75, 3.05) is 7.05 Å². The molecule has 23 heavy (non-hydrogen) atoms. The highest BCUT2D eigenvalue weighted by atomic mass is 35.5.